The molecule has 4 aromatic rings. The summed E-state index contributed by atoms with van der Waals surface area (Å²) in [5, 5.41) is 9.59. The monoisotopic (exact) mass is 433 g/mol. The van der Waals surface area contributed by atoms with Crippen molar-refractivity contribution < 1.29 is 4.79 Å². The zero-order chi connectivity index (χ0) is 20.9. The van der Waals surface area contributed by atoms with Gasteiger partial charge in [0.2, 0.25) is 0 Å². The average molecular weight is 434 g/mol. The quantitative estimate of drug-likeness (QED) is 0.462. The number of amides is 1. The lowest BCUT2D eigenvalue weighted by Gasteiger charge is -2.04. The molecule has 1 amide bonds. The Morgan fingerprint density at radius 2 is 2.00 bits per heavy atom. The van der Waals surface area contributed by atoms with E-state index in [0.29, 0.717) is 28.6 Å². The largest absolute Gasteiger partial charge is 0.298 e. The fourth-order valence-corrected chi connectivity index (χ4v) is 3.70. The Kier molecular flexibility index (Phi) is 5.89. The zero-order valence-electron chi connectivity index (χ0n) is 16.0. The second-order valence-electron chi connectivity index (χ2n) is 6.29. The highest BCUT2D eigenvalue weighted by molar-refractivity contribution is 7.14. The lowest BCUT2D eigenvalue weighted by molar-refractivity contribution is 0.102. The summed E-state index contributed by atoms with van der Waals surface area (Å²) < 4.78 is 1.59. The van der Waals surface area contributed by atoms with Crippen LogP contribution in [0.5, 0.6) is 0 Å². The number of pyridine rings is 1. The molecule has 0 spiro atoms. The number of aromatic nitrogens is 4. The Morgan fingerprint density at radius 3 is 2.73 bits per heavy atom. The Balaban J connectivity index is 1.46. The number of nitrogens with one attached hydrogen (secondary N) is 1. The summed E-state index contributed by atoms with van der Waals surface area (Å²) in [5.41, 5.74) is 3.57. The topological polar surface area (TPSA) is 72.7 Å². The fraction of sp³-hybridized carbons (Fsp3) is 0.0909. The van der Waals surface area contributed by atoms with Gasteiger partial charge in [-0.05, 0) is 24.6 Å². The van der Waals surface area contributed by atoms with Gasteiger partial charge in [0.05, 0.1) is 24.0 Å². The SMILES string of the molecule is CC#Cc1ccc(-c2csc(NC(=O)c3cnn(Cc4ccccc4)c3Cl)n2)nc1. The molecule has 0 radical (unpaired) electrons. The summed E-state index contributed by atoms with van der Waals surface area (Å²) in [6.45, 7) is 2.26. The maximum atomic E-state index is 12.6. The summed E-state index contributed by atoms with van der Waals surface area (Å²) in [5.74, 6) is 5.43. The van der Waals surface area contributed by atoms with E-state index >= 15 is 0 Å². The Hall–Kier alpha value is -3.47. The molecule has 1 N–H and O–H groups in total. The van der Waals surface area contributed by atoms with E-state index in [-0.39, 0.29) is 11.1 Å². The molecular weight excluding hydrogens is 418 g/mol. The van der Waals surface area contributed by atoms with Gasteiger partial charge in [0.15, 0.2) is 5.13 Å². The second-order valence-corrected chi connectivity index (χ2v) is 7.51. The molecule has 0 unspecified atom stereocenters. The van der Waals surface area contributed by atoms with E-state index in [1.807, 2.05) is 47.8 Å². The molecule has 8 heteroatoms. The third kappa shape index (κ3) is 4.40. The number of carbonyl (C=O) groups is 1. The molecule has 30 heavy (non-hydrogen) atoms. The number of halogens is 1. The van der Waals surface area contributed by atoms with E-state index < -0.39 is 0 Å². The van der Waals surface area contributed by atoms with Gasteiger partial charge < -0.3 is 0 Å². The number of nitrogens with zero attached hydrogens (tertiary/aromatic N) is 4. The number of hydrogen-bond acceptors (Lipinski definition) is 5. The van der Waals surface area contributed by atoms with Gasteiger partial charge in [-0.15, -0.1) is 17.3 Å². The predicted octanol–water partition coefficient (Wildman–Crippen LogP) is 4.73. The molecule has 0 bridgehead atoms. The number of carbonyl (C=O) groups excluding carboxylic acids is 1. The standard InChI is InChI=1S/C22H16ClN5OS/c1-2-6-15-9-10-18(24-11-15)19-14-30-22(26-19)27-21(29)17-12-25-28(20(17)23)13-16-7-4-3-5-8-16/h3-5,7-12,14H,13H2,1H3,(H,26,27,29). The first kappa shape index (κ1) is 19.8. The van der Waals surface area contributed by atoms with Crippen molar-refractivity contribution in [2.45, 2.75) is 13.5 Å². The van der Waals surface area contributed by atoms with E-state index in [4.69, 9.17) is 11.6 Å². The van der Waals surface area contributed by atoms with Crippen LogP contribution in [-0.4, -0.2) is 25.7 Å². The van der Waals surface area contributed by atoms with E-state index in [0.717, 1.165) is 11.1 Å². The highest BCUT2D eigenvalue weighted by atomic mass is 35.5. The van der Waals surface area contributed by atoms with E-state index in [1.165, 1.54) is 17.5 Å². The Labute approximate surface area is 182 Å². The fourth-order valence-electron chi connectivity index (χ4n) is 2.77. The van der Waals surface area contributed by atoms with Crippen LogP contribution in [0, 0.1) is 11.8 Å². The molecule has 0 fully saturated rings. The first-order valence-electron chi connectivity index (χ1n) is 9.05. The van der Waals surface area contributed by atoms with Crippen LogP contribution in [0.1, 0.15) is 28.4 Å². The van der Waals surface area contributed by atoms with Crippen LogP contribution in [0.15, 0.2) is 60.2 Å². The molecule has 4 rings (SSSR count). The summed E-state index contributed by atoms with van der Waals surface area (Å²) in [6.07, 6.45) is 3.16. The van der Waals surface area contributed by atoms with Crippen molar-refractivity contribution in [1.29, 1.82) is 0 Å². The number of thiazole rings is 1. The molecule has 148 valence electrons. The molecule has 3 aromatic heterocycles. The van der Waals surface area contributed by atoms with Crippen LogP contribution >= 0.6 is 22.9 Å². The first-order chi connectivity index (χ1) is 14.6. The maximum absolute atomic E-state index is 12.6. The van der Waals surface area contributed by atoms with Gasteiger partial charge in [0, 0.05) is 17.1 Å². The van der Waals surface area contributed by atoms with Crippen molar-refractivity contribution in [2.24, 2.45) is 0 Å². The lowest BCUT2D eigenvalue weighted by Crippen LogP contribution is -2.12. The number of anilines is 1. The molecule has 1 aromatic carbocycles. The van der Waals surface area contributed by atoms with Gasteiger partial charge in [-0.25, -0.2) is 9.67 Å². The van der Waals surface area contributed by atoms with Crippen LogP contribution in [0.2, 0.25) is 5.15 Å². The summed E-state index contributed by atoms with van der Waals surface area (Å²) >= 11 is 7.69. The number of benzene rings is 1. The van der Waals surface area contributed by atoms with Gasteiger partial charge >= 0.3 is 0 Å². The van der Waals surface area contributed by atoms with Gasteiger partial charge in [0.25, 0.3) is 5.91 Å². The minimum atomic E-state index is -0.360. The second kappa shape index (κ2) is 8.91. The summed E-state index contributed by atoms with van der Waals surface area (Å²) in [6, 6.07) is 13.5. The molecule has 0 aliphatic heterocycles. The highest BCUT2D eigenvalue weighted by Crippen LogP contribution is 2.25. The van der Waals surface area contributed by atoms with Gasteiger partial charge in [-0.3, -0.25) is 15.1 Å². The van der Waals surface area contributed by atoms with E-state index in [2.05, 4.69) is 32.2 Å². The van der Waals surface area contributed by atoms with Crippen molar-refractivity contribution in [1.82, 2.24) is 19.7 Å². The van der Waals surface area contributed by atoms with Crippen LogP contribution in [0.25, 0.3) is 11.4 Å². The van der Waals surface area contributed by atoms with Gasteiger partial charge in [0.1, 0.15) is 10.8 Å². The van der Waals surface area contributed by atoms with Crippen molar-refractivity contribution in [3.05, 3.63) is 82.1 Å². The normalized spacial score (nSPS) is 10.3. The van der Waals surface area contributed by atoms with Crippen LogP contribution in [-0.2, 0) is 6.54 Å². The van der Waals surface area contributed by atoms with Crippen molar-refractivity contribution in [3.8, 4) is 23.2 Å². The predicted molar refractivity (Wildman–Crippen MR) is 119 cm³/mol. The smallest absolute Gasteiger partial charge is 0.262 e. The van der Waals surface area contributed by atoms with E-state index in [9.17, 15) is 4.79 Å². The number of hydrogen-bond donors (Lipinski definition) is 1. The molecule has 3 heterocycles. The summed E-state index contributed by atoms with van der Waals surface area (Å²) in [4.78, 5) is 21.5. The third-order valence-electron chi connectivity index (χ3n) is 4.21. The van der Waals surface area contributed by atoms with Crippen molar-refractivity contribution >= 4 is 34.0 Å². The molecule has 0 atom stereocenters. The average Bonchev–Trinajstić information content (AvgIpc) is 3.37. The molecular formula is C22H16ClN5OS. The maximum Gasteiger partial charge on any atom is 0.262 e. The molecule has 0 aliphatic rings. The van der Waals surface area contributed by atoms with E-state index in [1.54, 1.807) is 17.8 Å². The minimum absolute atomic E-state index is 0.280. The molecule has 0 saturated carbocycles. The van der Waals surface area contributed by atoms with Crippen LogP contribution in [0.3, 0.4) is 0 Å². The van der Waals surface area contributed by atoms with Gasteiger partial charge in [-0.1, -0.05) is 47.9 Å². The zero-order valence-corrected chi connectivity index (χ0v) is 17.5. The molecule has 0 saturated heterocycles. The van der Waals surface area contributed by atoms with Crippen molar-refractivity contribution in [3.63, 3.8) is 0 Å². The first-order valence-corrected chi connectivity index (χ1v) is 10.3. The third-order valence-corrected chi connectivity index (χ3v) is 5.37. The molecule has 0 aliphatic carbocycles. The lowest BCUT2D eigenvalue weighted by atomic mass is 10.2. The molecule has 6 nitrogen and oxygen atoms in total. The Morgan fingerprint density at radius 1 is 1.17 bits per heavy atom. The van der Waals surface area contributed by atoms with Crippen LogP contribution < -0.4 is 5.32 Å². The highest BCUT2D eigenvalue weighted by Gasteiger charge is 2.18. The minimum Gasteiger partial charge on any atom is -0.298 e. The van der Waals surface area contributed by atoms with Crippen LogP contribution in [0.4, 0.5) is 5.13 Å². The number of rotatable bonds is 5. The van der Waals surface area contributed by atoms with Gasteiger partial charge in [-0.2, -0.15) is 5.10 Å². The summed E-state index contributed by atoms with van der Waals surface area (Å²) in [7, 11) is 0. The van der Waals surface area contributed by atoms with Crippen molar-refractivity contribution in [2.75, 3.05) is 5.32 Å². The Bertz CT molecular complexity index is 1240.